The second kappa shape index (κ2) is 9.67. The molecule has 2 rings (SSSR count). The first kappa shape index (κ1) is 22.6. The molecule has 2 atom stereocenters. The number of nitrogens with one attached hydrogen (secondary N) is 1. The Morgan fingerprint density at radius 2 is 1.86 bits per heavy atom. The summed E-state index contributed by atoms with van der Waals surface area (Å²) in [6.45, 7) is 12.2. The Morgan fingerprint density at radius 3 is 2.36 bits per heavy atom. The molecule has 0 saturated carbocycles. The van der Waals surface area contributed by atoms with Crippen molar-refractivity contribution in [3.8, 4) is 0 Å². The standard InChI is InChI=1S/C19H29N3O4S2/c1-7-21(8-2)17(23)15-13(5)14(18(24)25-6)16(28-15)20-19(27)22-9-11(3)26-12(4)10-22/h11-12H,7-10H2,1-6H3,(H,20,27). The number of hydrogen-bond acceptors (Lipinski definition) is 6. The van der Waals surface area contributed by atoms with Crippen LogP contribution in [0.15, 0.2) is 0 Å². The summed E-state index contributed by atoms with van der Waals surface area (Å²) in [5.41, 5.74) is 0.975. The zero-order valence-electron chi connectivity index (χ0n) is 17.3. The third-order valence-corrected chi connectivity index (χ3v) is 6.26. The maximum absolute atomic E-state index is 12.9. The second-order valence-corrected chi connectivity index (χ2v) is 8.23. The van der Waals surface area contributed by atoms with E-state index in [0.29, 0.717) is 52.3 Å². The van der Waals surface area contributed by atoms with Crippen LogP contribution >= 0.6 is 23.6 Å². The number of morpholine rings is 1. The van der Waals surface area contributed by atoms with Crippen LogP contribution in [0.4, 0.5) is 5.00 Å². The highest BCUT2D eigenvalue weighted by Gasteiger charge is 2.29. The summed E-state index contributed by atoms with van der Waals surface area (Å²) in [6, 6.07) is 0. The molecule has 9 heteroatoms. The van der Waals surface area contributed by atoms with Crippen molar-refractivity contribution in [2.24, 2.45) is 0 Å². The number of thiocarbonyl (C=S) groups is 1. The molecule has 1 fully saturated rings. The summed E-state index contributed by atoms with van der Waals surface area (Å²) in [5.74, 6) is -0.577. The first-order chi connectivity index (χ1) is 13.2. The van der Waals surface area contributed by atoms with Crippen molar-refractivity contribution in [3.63, 3.8) is 0 Å². The number of carbonyl (C=O) groups is 2. The van der Waals surface area contributed by atoms with E-state index in [1.54, 1.807) is 11.8 Å². The molecule has 1 N–H and O–H groups in total. The number of rotatable bonds is 5. The molecular formula is C19H29N3O4S2. The highest BCUT2D eigenvalue weighted by atomic mass is 32.1. The molecular weight excluding hydrogens is 398 g/mol. The largest absolute Gasteiger partial charge is 0.465 e. The molecule has 2 unspecified atom stereocenters. The first-order valence-corrected chi connectivity index (χ1v) is 10.7. The number of carbonyl (C=O) groups excluding carboxylic acids is 2. The van der Waals surface area contributed by atoms with E-state index in [4.69, 9.17) is 21.7 Å². The Kier molecular flexibility index (Phi) is 7.79. The minimum atomic E-state index is -0.485. The molecule has 0 bridgehead atoms. The van der Waals surface area contributed by atoms with Gasteiger partial charge in [0.15, 0.2) is 5.11 Å². The van der Waals surface area contributed by atoms with Gasteiger partial charge in [0.05, 0.1) is 29.8 Å². The Morgan fingerprint density at radius 1 is 1.29 bits per heavy atom. The summed E-state index contributed by atoms with van der Waals surface area (Å²) >= 11 is 6.82. The van der Waals surface area contributed by atoms with Gasteiger partial charge in [-0.1, -0.05) is 0 Å². The molecule has 1 amide bonds. The van der Waals surface area contributed by atoms with Gasteiger partial charge < -0.3 is 24.6 Å². The molecule has 156 valence electrons. The molecule has 0 radical (unpaired) electrons. The molecule has 1 aromatic heterocycles. The molecule has 2 heterocycles. The van der Waals surface area contributed by atoms with Gasteiger partial charge in [-0.15, -0.1) is 11.3 Å². The number of thiophene rings is 1. The van der Waals surface area contributed by atoms with E-state index < -0.39 is 5.97 Å². The Balaban J connectivity index is 2.34. The molecule has 0 aliphatic carbocycles. The van der Waals surface area contributed by atoms with Crippen LogP contribution in [-0.4, -0.2) is 72.3 Å². The van der Waals surface area contributed by atoms with E-state index in [2.05, 4.69) is 5.32 Å². The van der Waals surface area contributed by atoms with E-state index >= 15 is 0 Å². The van der Waals surface area contributed by atoms with E-state index in [-0.39, 0.29) is 18.1 Å². The molecule has 1 aliphatic heterocycles. The molecule has 28 heavy (non-hydrogen) atoms. The molecule has 0 spiro atoms. The van der Waals surface area contributed by atoms with Gasteiger partial charge in [-0.3, -0.25) is 4.79 Å². The summed E-state index contributed by atoms with van der Waals surface area (Å²) in [5, 5.41) is 4.22. The van der Waals surface area contributed by atoms with Crippen molar-refractivity contribution in [3.05, 3.63) is 16.0 Å². The topological polar surface area (TPSA) is 71.1 Å². The van der Waals surface area contributed by atoms with Crippen LogP contribution in [-0.2, 0) is 9.47 Å². The van der Waals surface area contributed by atoms with Crippen molar-refractivity contribution in [2.75, 3.05) is 38.6 Å². The lowest BCUT2D eigenvalue weighted by molar-refractivity contribution is -0.0473. The summed E-state index contributed by atoms with van der Waals surface area (Å²) in [7, 11) is 1.33. The summed E-state index contributed by atoms with van der Waals surface area (Å²) in [4.78, 5) is 29.6. The van der Waals surface area contributed by atoms with Crippen LogP contribution in [0.25, 0.3) is 0 Å². The molecule has 1 saturated heterocycles. The van der Waals surface area contributed by atoms with E-state index in [9.17, 15) is 9.59 Å². The number of anilines is 1. The van der Waals surface area contributed by atoms with Gasteiger partial charge in [0.1, 0.15) is 5.00 Å². The van der Waals surface area contributed by atoms with E-state index in [1.165, 1.54) is 18.4 Å². The van der Waals surface area contributed by atoms with Gasteiger partial charge in [-0.2, -0.15) is 0 Å². The maximum atomic E-state index is 12.9. The maximum Gasteiger partial charge on any atom is 0.341 e. The van der Waals surface area contributed by atoms with Crippen LogP contribution in [0.3, 0.4) is 0 Å². The molecule has 1 aliphatic rings. The van der Waals surface area contributed by atoms with Crippen LogP contribution in [0.1, 0.15) is 53.3 Å². The smallest absolute Gasteiger partial charge is 0.341 e. The van der Waals surface area contributed by atoms with Crippen molar-refractivity contribution in [2.45, 2.75) is 46.8 Å². The Labute approximate surface area is 176 Å². The lowest BCUT2D eigenvalue weighted by Gasteiger charge is -2.36. The fourth-order valence-electron chi connectivity index (χ4n) is 3.33. The average Bonchev–Trinajstić information content (AvgIpc) is 2.97. The first-order valence-electron chi connectivity index (χ1n) is 9.45. The van der Waals surface area contributed by atoms with Crippen molar-refractivity contribution in [1.29, 1.82) is 0 Å². The number of ether oxygens (including phenoxy) is 2. The van der Waals surface area contributed by atoms with Gasteiger partial charge >= 0.3 is 5.97 Å². The van der Waals surface area contributed by atoms with Crippen LogP contribution in [0.5, 0.6) is 0 Å². The monoisotopic (exact) mass is 427 g/mol. The fraction of sp³-hybridized carbons (Fsp3) is 0.632. The fourth-order valence-corrected chi connectivity index (χ4v) is 4.81. The highest BCUT2D eigenvalue weighted by Crippen LogP contribution is 2.35. The third-order valence-electron chi connectivity index (χ3n) is 4.71. The average molecular weight is 428 g/mol. The Hall–Kier alpha value is -1.71. The molecule has 0 aromatic carbocycles. The lowest BCUT2D eigenvalue weighted by atomic mass is 10.1. The number of hydrogen-bond donors (Lipinski definition) is 1. The van der Waals surface area contributed by atoms with E-state index in [0.717, 1.165) is 0 Å². The van der Waals surface area contributed by atoms with Gasteiger partial charge in [-0.05, 0) is 52.4 Å². The SMILES string of the molecule is CCN(CC)C(=O)c1sc(NC(=S)N2CC(C)OC(C)C2)c(C(=O)OC)c1C. The quantitative estimate of drug-likeness (QED) is 0.572. The van der Waals surface area contributed by atoms with Crippen LogP contribution in [0.2, 0.25) is 0 Å². The zero-order chi connectivity index (χ0) is 21.0. The van der Waals surface area contributed by atoms with Crippen molar-refractivity contribution in [1.82, 2.24) is 9.80 Å². The van der Waals surface area contributed by atoms with Gasteiger partial charge in [0.25, 0.3) is 5.91 Å². The van der Waals surface area contributed by atoms with Gasteiger partial charge in [-0.25, -0.2) is 4.79 Å². The highest BCUT2D eigenvalue weighted by molar-refractivity contribution is 7.80. The van der Waals surface area contributed by atoms with Crippen molar-refractivity contribution < 1.29 is 19.1 Å². The zero-order valence-corrected chi connectivity index (χ0v) is 19.0. The number of nitrogens with zero attached hydrogens (tertiary/aromatic N) is 2. The minimum absolute atomic E-state index is 0.0634. The second-order valence-electron chi connectivity index (χ2n) is 6.82. The predicted octanol–water partition coefficient (Wildman–Crippen LogP) is 3.13. The summed E-state index contributed by atoms with van der Waals surface area (Å²) in [6.07, 6.45) is 0.127. The third kappa shape index (κ3) is 4.82. The number of amides is 1. The Bertz CT molecular complexity index is 736. The van der Waals surface area contributed by atoms with Crippen LogP contribution in [0, 0.1) is 6.92 Å². The minimum Gasteiger partial charge on any atom is -0.465 e. The van der Waals surface area contributed by atoms with Crippen LogP contribution < -0.4 is 5.32 Å². The molecule has 1 aromatic rings. The lowest BCUT2D eigenvalue weighted by Crippen LogP contribution is -2.49. The van der Waals surface area contributed by atoms with Crippen molar-refractivity contribution >= 4 is 45.5 Å². The van der Waals surface area contributed by atoms with Gasteiger partial charge in [0.2, 0.25) is 0 Å². The van der Waals surface area contributed by atoms with Gasteiger partial charge in [0, 0.05) is 26.2 Å². The summed E-state index contributed by atoms with van der Waals surface area (Å²) < 4.78 is 10.7. The molecule has 7 nitrogen and oxygen atoms in total. The number of methoxy groups -OCH3 is 1. The normalized spacial score (nSPS) is 19.3. The number of esters is 1. The predicted molar refractivity (Wildman–Crippen MR) is 115 cm³/mol. The van der Waals surface area contributed by atoms with E-state index in [1.807, 2.05) is 32.6 Å².